The lowest BCUT2D eigenvalue weighted by molar-refractivity contribution is -0.274. The Labute approximate surface area is 177 Å². The Morgan fingerprint density at radius 3 is 2.13 bits per heavy atom. The molecule has 2 heterocycles. The Morgan fingerprint density at radius 2 is 1.55 bits per heavy atom. The van der Waals surface area contributed by atoms with Crippen LogP contribution >= 0.6 is 0 Å². The van der Waals surface area contributed by atoms with Crippen molar-refractivity contribution in [2.45, 2.75) is 12.4 Å². The van der Waals surface area contributed by atoms with Crippen molar-refractivity contribution in [2.75, 3.05) is 49.5 Å². The van der Waals surface area contributed by atoms with Crippen molar-refractivity contribution in [3.63, 3.8) is 0 Å². The van der Waals surface area contributed by atoms with Crippen LogP contribution in [0.2, 0.25) is 0 Å². The Bertz CT molecular complexity index is 891. The summed E-state index contributed by atoms with van der Waals surface area (Å²) in [5.74, 6) is -0.588. The molecule has 166 valence electrons. The summed E-state index contributed by atoms with van der Waals surface area (Å²) in [6, 6.07) is 11.6. The minimum Gasteiger partial charge on any atom is -0.406 e. The predicted octanol–water partition coefficient (Wildman–Crippen LogP) is 3.76. The third-order valence-electron chi connectivity index (χ3n) is 5.51. The summed E-state index contributed by atoms with van der Waals surface area (Å²) in [6.45, 7) is 4.35. The van der Waals surface area contributed by atoms with Crippen LogP contribution in [-0.2, 0) is 0 Å². The van der Waals surface area contributed by atoms with Gasteiger partial charge in [-0.2, -0.15) is 0 Å². The molecule has 2 aromatic rings. The monoisotopic (exact) mass is 438 g/mol. The molecule has 10 heteroatoms. The van der Waals surface area contributed by atoms with Crippen LogP contribution in [0.4, 0.5) is 33.7 Å². The number of anilines is 2. The number of amides is 2. The van der Waals surface area contributed by atoms with Crippen LogP contribution in [0.25, 0.3) is 0 Å². The van der Waals surface area contributed by atoms with E-state index < -0.39 is 6.36 Å². The van der Waals surface area contributed by atoms with Crippen LogP contribution in [0, 0.1) is 5.82 Å². The van der Waals surface area contributed by atoms with E-state index in [1.165, 1.54) is 36.4 Å². The maximum absolute atomic E-state index is 13.0. The number of carbonyl (C=O) groups excluding carboxylic acids is 1. The number of hydrogen-bond acceptors (Lipinski definition) is 4. The zero-order valence-corrected chi connectivity index (χ0v) is 16.6. The van der Waals surface area contributed by atoms with Crippen molar-refractivity contribution in [1.82, 2.24) is 9.80 Å². The third-order valence-corrected chi connectivity index (χ3v) is 5.51. The standard InChI is InChI=1S/C21H22F4N4O2/c22-15-1-3-16(4-2-15)26-20(30)29-13-18(14-29)28-11-9-27(10-12-28)17-5-7-19(8-6-17)31-21(23,24)25/h1-8,18H,9-14H2,(H,26,30). The second-order valence-electron chi connectivity index (χ2n) is 7.56. The number of carbonyl (C=O) groups is 1. The second kappa shape index (κ2) is 8.62. The number of halogens is 4. The van der Waals surface area contributed by atoms with Gasteiger partial charge in [-0.25, -0.2) is 9.18 Å². The quantitative estimate of drug-likeness (QED) is 0.739. The van der Waals surface area contributed by atoms with Gasteiger partial charge in [-0.1, -0.05) is 0 Å². The van der Waals surface area contributed by atoms with Gasteiger partial charge in [0, 0.05) is 56.7 Å². The van der Waals surface area contributed by atoms with Crippen LogP contribution in [0.3, 0.4) is 0 Å². The van der Waals surface area contributed by atoms with E-state index in [9.17, 15) is 22.4 Å². The largest absolute Gasteiger partial charge is 0.573 e. The van der Waals surface area contributed by atoms with Crippen molar-refractivity contribution < 1.29 is 27.1 Å². The van der Waals surface area contributed by atoms with Crippen molar-refractivity contribution in [3.8, 4) is 5.75 Å². The predicted molar refractivity (Wildman–Crippen MR) is 108 cm³/mol. The maximum Gasteiger partial charge on any atom is 0.573 e. The van der Waals surface area contributed by atoms with Gasteiger partial charge in [0.1, 0.15) is 11.6 Å². The maximum atomic E-state index is 13.0. The van der Waals surface area contributed by atoms with Crippen LogP contribution in [-0.4, -0.2) is 67.5 Å². The number of likely N-dealkylation sites (tertiary alicyclic amines) is 1. The van der Waals surface area contributed by atoms with E-state index in [0.717, 1.165) is 31.9 Å². The molecule has 0 saturated carbocycles. The first-order valence-corrected chi connectivity index (χ1v) is 9.93. The minimum atomic E-state index is -4.69. The lowest BCUT2D eigenvalue weighted by Gasteiger charge is -2.48. The molecular formula is C21H22F4N4O2. The first kappa shape index (κ1) is 21.2. The molecule has 2 saturated heterocycles. The smallest absolute Gasteiger partial charge is 0.406 e. The minimum absolute atomic E-state index is 0.206. The van der Waals surface area contributed by atoms with E-state index in [1.54, 1.807) is 17.0 Å². The summed E-state index contributed by atoms with van der Waals surface area (Å²) in [7, 11) is 0. The molecule has 0 atom stereocenters. The number of nitrogens with one attached hydrogen (secondary N) is 1. The molecule has 2 amide bonds. The molecule has 0 aromatic heterocycles. The fourth-order valence-electron chi connectivity index (χ4n) is 3.79. The van der Waals surface area contributed by atoms with Crippen LogP contribution < -0.4 is 15.0 Å². The summed E-state index contributed by atoms with van der Waals surface area (Å²) < 4.78 is 53.7. The fourth-order valence-corrected chi connectivity index (χ4v) is 3.79. The molecule has 0 spiro atoms. The summed E-state index contributed by atoms with van der Waals surface area (Å²) in [4.78, 5) is 18.4. The number of rotatable bonds is 4. The van der Waals surface area contributed by atoms with Gasteiger partial charge in [-0.15, -0.1) is 13.2 Å². The van der Waals surface area contributed by atoms with Crippen LogP contribution in [0.1, 0.15) is 0 Å². The highest BCUT2D eigenvalue weighted by atomic mass is 19.4. The third kappa shape index (κ3) is 5.38. The van der Waals surface area contributed by atoms with E-state index in [1.807, 2.05) is 0 Å². The van der Waals surface area contributed by atoms with Crippen molar-refractivity contribution >= 4 is 17.4 Å². The average Bonchev–Trinajstić information content (AvgIpc) is 2.69. The lowest BCUT2D eigenvalue weighted by Crippen LogP contribution is -2.64. The number of ether oxygens (including phenoxy) is 1. The molecule has 31 heavy (non-hydrogen) atoms. The van der Waals surface area contributed by atoms with E-state index in [-0.39, 0.29) is 23.6 Å². The van der Waals surface area contributed by atoms with Crippen LogP contribution in [0.15, 0.2) is 48.5 Å². The highest BCUT2D eigenvalue weighted by Gasteiger charge is 2.36. The van der Waals surface area contributed by atoms with Gasteiger partial charge < -0.3 is 19.9 Å². The fraction of sp³-hybridized carbons (Fsp3) is 0.381. The molecule has 0 radical (unpaired) electrons. The number of piperazine rings is 1. The zero-order valence-electron chi connectivity index (χ0n) is 16.6. The molecule has 0 unspecified atom stereocenters. The Hall–Kier alpha value is -3.01. The first-order valence-electron chi connectivity index (χ1n) is 9.93. The van der Waals surface area contributed by atoms with Crippen molar-refractivity contribution in [2.24, 2.45) is 0 Å². The molecule has 2 aliphatic heterocycles. The molecule has 2 fully saturated rings. The summed E-state index contributed by atoms with van der Waals surface area (Å²) >= 11 is 0. The molecule has 0 aliphatic carbocycles. The van der Waals surface area contributed by atoms with Gasteiger partial charge in [-0.3, -0.25) is 4.90 Å². The van der Waals surface area contributed by atoms with Crippen LogP contribution in [0.5, 0.6) is 5.75 Å². The highest BCUT2D eigenvalue weighted by Crippen LogP contribution is 2.26. The number of hydrogen-bond donors (Lipinski definition) is 1. The molecule has 2 aromatic carbocycles. The number of nitrogens with zero attached hydrogens (tertiary/aromatic N) is 3. The van der Waals surface area contributed by atoms with E-state index >= 15 is 0 Å². The molecule has 4 rings (SSSR count). The summed E-state index contributed by atoms with van der Waals surface area (Å²) in [5.41, 5.74) is 1.40. The normalized spacial score (nSPS) is 17.9. The van der Waals surface area contributed by atoms with E-state index in [2.05, 4.69) is 19.9 Å². The molecule has 2 aliphatic rings. The van der Waals surface area contributed by atoms with Gasteiger partial charge >= 0.3 is 12.4 Å². The Balaban J connectivity index is 1.21. The zero-order chi connectivity index (χ0) is 22.0. The van der Waals surface area contributed by atoms with E-state index in [0.29, 0.717) is 18.8 Å². The summed E-state index contributed by atoms with van der Waals surface area (Å²) in [5, 5.41) is 2.75. The number of benzene rings is 2. The molecular weight excluding hydrogens is 416 g/mol. The van der Waals surface area contributed by atoms with Crippen molar-refractivity contribution in [3.05, 3.63) is 54.3 Å². The van der Waals surface area contributed by atoms with Gasteiger partial charge in [0.05, 0.1) is 0 Å². The van der Waals surface area contributed by atoms with E-state index in [4.69, 9.17) is 0 Å². The Morgan fingerprint density at radius 1 is 0.935 bits per heavy atom. The summed E-state index contributed by atoms with van der Waals surface area (Å²) in [6.07, 6.45) is -4.69. The molecule has 0 bridgehead atoms. The van der Waals surface area contributed by atoms with Crippen molar-refractivity contribution in [1.29, 1.82) is 0 Å². The number of alkyl halides is 3. The molecule has 1 N–H and O–H groups in total. The second-order valence-corrected chi connectivity index (χ2v) is 7.56. The topological polar surface area (TPSA) is 48.1 Å². The lowest BCUT2D eigenvalue weighted by atomic mass is 10.1. The highest BCUT2D eigenvalue weighted by molar-refractivity contribution is 5.89. The van der Waals surface area contributed by atoms with Gasteiger partial charge in [0.25, 0.3) is 0 Å². The molecule has 6 nitrogen and oxygen atoms in total. The SMILES string of the molecule is O=C(Nc1ccc(F)cc1)N1CC(N2CCN(c3ccc(OC(F)(F)F)cc3)CC2)C1. The van der Waals surface area contributed by atoms with Gasteiger partial charge in [0.2, 0.25) is 0 Å². The van der Waals surface area contributed by atoms with Gasteiger partial charge in [-0.05, 0) is 48.5 Å². The Kier molecular flexibility index (Phi) is 5.90. The van der Waals surface area contributed by atoms with Gasteiger partial charge in [0.15, 0.2) is 0 Å². The number of urea groups is 1. The average molecular weight is 438 g/mol. The first-order chi connectivity index (χ1) is 14.8.